The minimum Gasteiger partial charge on any atom is -0.493 e. The van der Waals surface area contributed by atoms with E-state index in [-0.39, 0.29) is 0 Å². The molecule has 0 heterocycles. The van der Waals surface area contributed by atoms with Gasteiger partial charge >= 0.3 is 0 Å². The van der Waals surface area contributed by atoms with Crippen LogP contribution in [0, 0.1) is 6.92 Å². The van der Waals surface area contributed by atoms with Gasteiger partial charge in [0.2, 0.25) is 0 Å². The van der Waals surface area contributed by atoms with E-state index in [9.17, 15) is 0 Å². The van der Waals surface area contributed by atoms with Gasteiger partial charge in [-0.15, -0.1) is 0 Å². The molecule has 0 radical (unpaired) electrons. The van der Waals surface area contributed by atoms with Crippen LogP contribution >= 0.6 is 0 Å². The summed E-state index contributed by atoms with van der Waals surface area (Å²) in [5, 5.41) is 0. The first-order chi connectivity index (χ1) is 10.7. The Morgan fingerprint density at radius 1 is 0.864 bits per heavy atom. The molecule has 0 saturated heterocycles. The zero-order valence-electron chi connectivity index (χ0n) is 13.6. The van der Waals surface area contributed by atoms with Crippen LogP contribution < -0.4 is 14.2 Å². The van der Waals surface area contributed by atoms with E-state index in [0.717, 1.165) is 35.7 Å². The fourth-order valence-corrected chi connectivity index (χ4v) is 2.15. The summed E-state index contributed by atoms with van der Waals surface area (Å²) in [6, 6.07) is 14.2. The highest BCUT2D eigenvalue weighted by molar-refractivity contribution is 5.42. The summed E-state index contributed by atoms with van der Waals surface area (Å²) >= 11 is 0. The number of rotatable bonds is 8. The maximum Gasteiger partial charge on any atom is 0.161 e. The van der Waals surface area contributed by atoms with Crippen LogP contribution in [-0.4, -0.2) is 20.3 Å². The van der Waals surface area contributed by atoms with Gasteiger partial charge in [-0.1, -0.05) is 25.1 Å². The van der Waals surface area contributed by atoms with Gasteiger partial charge in [-0.2, -0.15) is 0 Å². The molecule has 2 rings (SSSR count). The van der Waals surface area contributed by atoms with Gasteiger partial charge in [-0.3, -0.25) is 0 Å². The number of ether oxygens (including phenoxy) is 3. The Balaban J connectivity index is 1.73. The highest BCUT2D eigenvalue weighted by atomic mass is 16.5. The van der Waals surface area contributed by atoms with Crippen molar-refractivity contribution in [3.63, 3.8) is 0 Å². The first kappa shape index (κ1) is 16.2. The summed E-state index contributed by atoms with van der Waals surface area (Å²) in [5.74, 6) is 2.46. The van der Waals surface area contributed by atoms with Gasteiger partial charge in [0.1, 0.15) is 5.75 Å². The summed E-state index contributed by atoms with van der Waals surface area (Å²) in [6.07, 6.45) is 1.87. The molecule has 3 nitrogen and oxygen atoms in total. The number of hydrogen-bond donors (Lipinski definition) is 0. The Bertz CT molecular complexity index is 576. The lowest BCUT2D eigenvalue weighted by atomic mass is 10.2. The second kappa shape index (κ2) is 8.32. The molecule has 0 spiro atoms. The number of aryl methyl sites for hydroxylation is 2. The first-order valence-corrected chi connectivity index (χ1v) is 7.72. The van der Waals surface area contributed by atoms with Gasteiger partial charge in [-0.05, 0) is 48.7 Å². The molecule has 2 aromatic rings. The zero-order chi connectivity index (χ0) is 15.8. The third kappa shape index (κ3) is 4.69. The predicted molar refractivity (Wildman–Crippen MR) is 89.2 cm³/mol. The quantitative estimate of drug-likeness (QED) is 0.676. The van der Waals surface area contributed by atoms with Gasteiger partial charge in [0.25, 0.3) is 0 Å². The van der Waals surface area contributed by atoms with Crippen LogP contribution in [0.5, 0.6) is 17.2 Å². The van der Waals surface area contributed by atoms with Crippen molar-refractivity contribution >= 4 is 0 Å². The third-order valence-electron chi connectivity index (χ3n) is 3.47. The summed E-state index contributed by atoms with van der Waals surface area (Å²) in [6.45, 7) is 5.42. The van der Waals surface area contributed by atoms with Crippen molar-refractivity contribution in [2.45, 2.75) is 26.7 Å². The van der Waals surface area contributed by atoms with Crippen molar-refractivity contribution in [2.75, 3.05) is 20.3 Å². The zero-order valence-corrected chi connectivity index (χ0v) is 13.6. The van der Waals surface area contributed by atoms with Crippen LogP contribution in [0.4, 0.5) is 0 Å². The van der Waals surface area contributed by atoms with Crippen LogP contribution in [0.15, 0.2) is 42.5 Å². The number of hydrogen-bond acceptors (Lipinski definition) is 3. The molecule has 0 bridgehead atoms. The van der Waals surface area contributed by atoms with E-state index >= 15 is 0 Å². The minimum atomic E-state index is 0.604. The Morgan fingerprint density at radius 2 is 1.59 bits per heavy atom. The summed E-state index contributed by atoms with van der Waals surface area (Å²) in [4.78, 5) is 0. The molecule has 0 aliphatic carbocycles. The average Bonchev–Trinajstić information content (AvgIpc) is 2.56. The van der Waals surface area contributed by atoms with E-state index in [1.165, 1.54) is 5.56 Å². The van der Waals surface area contributed by atoms with Crippen LogP contribution in [0.1, 0.15) is 24.5 Å². The van der Waals surface area contributed by atoms with Gasteiger partial charge in [0, 0.05) is 6.42 Å². The molecule has 0 unspecified atom stereocenters. The summed E-state index contributed by atoms with van der Waals surface area (Å²) in [5.41, 5.74) is 2.48. The molecule has 0 aliphatic rings. The van der Waals surface area contributed by atoms with Crippen molar-refractivity contribution in [1.29, 1.82) is 0 Å². The first-order valence-electron chi connectivity index (χ1n) is 7.72. The maximum atomic E-state index is 5.75. The average molecular weight is 300 g/mol. The Hall–Kier alpha value is -2.16. The molecule has 0 amide bonds. The molecule has 3 heteroatoms. The molecule has 22 heavy (non-hydrogen) atoms. The molecule has 0 N–H and O–H groups in total. The van der Waals surface area contributed by atoms with Crippen molar-refractivity contribution < 1.29 is 14.2 Å². The van der Waals surface area contributed by atoms with Gasteiger partial charge < -0.3 is 14.2 Å². The lowest BCUT2D eigenvalue weighted by Crippen LogP contribution is -2.05. The maximum absolute atomic E-state index is 5.75. The molecule has 0 atom stereocenters. The van der Waals surface area contributed by atoms with E-state index in [2.05, 4.69) is 19.1 Å². The molecule has 2 aromatic carbocycles. The topological polar surface area (TPSA) is 27.7 Å². The van der Waals surface area contributed by atoms with E-state index in [0.29, 0.717) is 13.2 Å². The van der Waals surface area contributed by atoms with Crippen molar-refractivity contribution in [3.05, 3.63) is 53.6 Å². The molecule has 0 fully saturated rings. The Labute approximate surface area is 132 Å². The van der Waals surface area contributed by atoms with E-state index in [1.54, 1.807) is 7.11 Å². The molecule has 0 aromatic heterocycles. The Kier molecular flexibility index (Phi) is 6.13. The van der Waals surface area contributed by atoms with Crippen LogP contribution in [0.2, 0.25) is 0 Å². The van der Waals surface area contributed by atoms with Crippen molar-refractivity contribution in [1.82, 2.24) is 0 Å². The lowest BCUT2D eigenvalue weighted by Gasteiger charge is -2.11. The Morgan fingerprint density at radius 3 is 2.27 bits per heavy atom. The van der Waals surface area contributed by atoms with Gasteiger partial charge in [0.05, 0.1) is 20.3 Å². The van der Waals surface area contributed by atoms with Crippen LogP contribution in [-0.2, 0) is 6.42 Å². The number of benzene rings is 2. The van der Waals surface area contributed by atoms with E-state index < -0.39 is 0 Å². The van der Waals surface area contributed by atoms with Crippen LogP contribution in [0.3, 0.4) is 0 Å². The largest absolute Gasteiger partial charge is 0.493 e. The highest BCUT2D eigenvalue weighted by Gasteiger charge is 2.04. The number of methoxy groups -OCH3 is 1. The third-order valence-corrected chi connectivity index (χ3v) is 3.47. The monoisotopic (exact) mass is 300 g/mol. The van der Waals surface area contributed by atoms with E-state index in [1.807, 2.05) is 37.3 Å². The smallest absolute Gasteiger partial charge is 0.161 e. The van der Waals surface area contributed by atoms with Crippen molar-refractivity contribution in [2.24, 2.45) is 0 Å². The lowest BCUT2D eigenvalue weighted by molar-refractivity contribution is 0.240. The van der Waals surface area contributed by atoms with Gasteiger partial charge in [0.15, 0.2) is 11.5 Å². The SMILES string of the molecule is CCc1ccc(OCCCOc2ccc(C)cc2OC)cc1. The molecular formula is C19H24O3. The fourth-order valence-electron chi connectivity index (χ4n) is 2.15. The standard InChI is InChI=1S/C19H24O3/c1-4-16-7-9-17(10-8-16)21-12-5-13-22-18-11-6-15(2)14-19(18)20-3/h6-11,14H,4-5,12-13H2,1-3H3. The summed E-state index contributed by atoms with van der Waals surface area (Å²) < 4.78 is 16.8. The van der Waals surface area contributed by atoms with Crippen LogP contribution in [0.25, 0.3) is 0 Å². The predicted octanol–water partition coefficient (Wildman–Crippen LogP) is 4.41. The second-order valence-electron chi connectivity index (χ2n) is 5.20. The minimum absolute atomic E-state index is 0.604. The highest BCUT2D eigenvalue weighted by Crippen LogP contribution is 2.27. The second-order valence-corrected chi connectivity index (χ2v) is 5.20. The molecular weight excluding hydrogens is 276 g/mol. The van der Waals surface area contributed by atoms with E-state index in [4.69, 9.17) is 14.2 Å². The molecule has 118 valence electrons. The molecule has 0 saturated carbocycles. The summed E-state index contributed by atoms with van der Waals surface area (Å²) in [7, 11) is 1.66. The van der Waals surface area contributed by atoms with Gasteiger partial charge in [-0.25, -0.2) is 0 Å². The normalized spacial score (nSPS) is 10.3. The molecule has 0 aliphatic heterocycles. The van der Waals surface area contributed by atoms with Crippen molar-refractivity contribution in [3.8, 4) is 17.2 Å². The fraction of sp³-hybridized carbons (Fsp3) is 0.368.